The smallest absolute Gasteiger partial charge is 0.323 e. The zero-order chi connectivity index (χ0) is 16.4. The Labute approximate surface area is 123 Å². The predicted octanol–water partition coefficient (Wildman–Crippen LogP) is 0.510. The fraction of sp³-hybridized carbons (Fsp3) is 0.385. The molecule has 0 saturated heterocycles. The van der Waals surface area contributed by atoms with E-state index < -0.39 is 33.0 Å². The van der Waals surface area contributed by atoms with E-state index in [2.05, 4.69) is 0 Å². The summed E-state index contributed by atoms with van der Waals surface area (Å²) in [6, 6.07) is 6.19. The number of carboxylic acids is 1. The average Bonchev–Trinajstić information content (AvgIpc) is 2.34. The Morgan fingerprint density at radius 3 is 2.24 bits per heavy atom. The van der Waals surface area contributed by atoms with Gasteiger partial charge in [0.2, 0.25) is 5.91 Å². The van der Waals surface area contributed by atoms with Crippen LogP contribution in [0.2, 0.25) is 0 Å². The first-order valence-corrected chi connectivity index (χ1v) is 7.95. The van der Waals surface area contributed by atoms with Crippen LogP contribution in [0.4, 0.5) is 11.4 Å². The Balaban J connectivity index is 3.37. The molecule has 0 spiro atoms. The second kappa shape index (κ2) is 5.72. The molecule has 1 amide bonds. The van der Waals surface area contributed by atoms with Crippen molar-refractivity contribution in [1.82, 2.24) is 0 Å². The molecule has 0 aliphatic carbocycles. The highest BCUT2D eigenvalue weighted by Gasteiger charge is 2.42. The fourth-order valence-electron chi connectivity index (χ4n) is 1.62. The van der Waals surface area contributed by atoms with Crippen molar-refractivity contribution in [2.24, 2.45) is 0 Å². The van der Waals surface area contributed by atoms with Crippen LogP contribution in [0.15, 0.2) is 24.3 Å². The Morgan fingerprint density at radius 1 is 1.29 bits per heavy atom. The van der Waals surface area contributed by atoms with Gasteiger partial charge in [-0.25, -0.2) is 8.42 Å². The zero-order valence-corrected chi connectivity index (χ0v) is 12.8. The van der Waals surface area contributed by atoms with Gasteiger partial charge < -0.3 is 10.8 Å². The number of nitrogens with two attached hydrogens (primary N) is 1. The molecule has 0 aliphatic rings. The van der Waals surface area contributed by atoms with Crippen LogP contribution < -0.4 is 10.6 Å². The molecule has 8 heteroatoms. The van der Waals surface area contributed by atoms with Gasteiger partial charge in [-0.15, -0.1) is 0 Å². The molecule has 0 aromatic heterocycles. The summed E-state index contributed by atoms with van der Waals surface area (Å²) in [4.78, 5) is 24.4. The highest BCUT2D eigenvalue weighted by Crippen LogP contribution is 2.27. The molecule has 7 nitrogen and oxygen atoms in total. The molecular weight excluding hydrogens is 296 g/mol. The molecule has 0 bridgehead atoms. The number of rotatable bonds is 5. The highest BCUT2D eigenvalue weighted by atomic mass is 32.2. The lowest BCUT2D eigenvalue weighted by atomic mass is 10.1. The first kappa shape index (κ1) is 17.0. The number of hydrogen-bond donors (Lipinski definition) is 2. The monoisotopic (exact) mass is 314 g/mol. The maximum atomic E-state index is 12.5. The summed E-state index contributed by atoms with van der Waals surface area (Å²) < 4.78 is 21.8. The van der Waals surface area contributed by atoms with Crippen molar-refractivity contribution in [2.45, 2.75) is 18.6 Å². The van der Waals surface area contributed by atoms with Gasteiger partial charge >= 0.3 is 5.97 Å². The molecular formula is C13H18N2O5S. The molecule has 1 rings (SSSR count). The third-order valence-electron chi connectivity index (χ3n) is 3.21. The molecule has 1 aromatic rings. The summed E-state index contributed by atoms with van der Waals surface area (Å²) >= 11 is 0. The SMILES string of the molecule is CC(C)(C(=O)N(CC(=O)O)c1ccccc1N)S(C)(=O)=O. The maximum absolute atomic E-state index is 12.5. The normalized spacial score (nSPS) is 12.0. The number of amides is 1. The summed E-state index contributed by atoms with van der Waals surface area (Å²) in [5.74, 6) is -2.11. The van der Waals surface area contributed by atoms with E-state index in [1.807, 2.05) is 0 Å². The van der Waals surface area contributed by atoms with Gasteiger partial charge in [-0.2, -0.15) is 0 Å². The van der Waals surface area contributed by atoms with E-state index in [0.717, 1.165) is 11.2 Å². The number of carboxylic acid groups (broad SMARTS) is 1. The molecule has 21 heavy (non-hydrogen) atoms. The summed E-state index contributed by atoms with van der Waals surface area (Å²) in [5, 5.41) is 8.97. The van der Waals surface area contributed by atoms with Gasteiger partial charge in [-0.05, 0) is 26.0 Å². The van der Waals surface area contributed by atoms with Crippen molar-refractivity contribution < 1.29 is 23.1 Å². The Bertz CT molecular complexity index is 667. The van der Waals surface area contributed by atoms with Crippen LogP contribution >= 0.6 is 0 Å². The van der Waals surface area contributed by atoms with Gasteiger partial charge in [0.05, 0.1) is 11.4 Å². The molecule has 116 valence electrons. The van der Waals surface area contributed by atoms with Gasteiger partial charge in [0.25, 0.3) is 0 Å². The fourth-order valence-corrected chi connectivity index (χ4v) is 2.05. The number of nitrogen functional groups attached to an aromatic ring is 1. The zero-order valence-electron chi connectivity index (χ0n) is 12.0. The van der Waals surface area contributed by atoms with Crippen LogP contribution in [0.5, 0.6) is 0 Å². The van der Waals surface area contributed by atoms with E-state index in [0.29, 0.717) is 0 Å². The van der Waals surface area contributed by atoms with Crippen molar-refractivity contribution in [1.29, 1.82) is 0 Å². The summed E-state index contributed by atoms with van der Waals surface area (Å²) in [7, 11) is -3.73. The third kappa shape index (κ3) is 3.52. The number of carbonyl (C=O) groups excluding carboxylic acids is 1. The Kier molecular flexibility index (Phi) is 4.62. The van der Waals surface area contributed by atoms with Crippen LogP contribution in [0.1, 0.15) is 13.8 Å². The molecule has 0 radical (unpaired) electrons. The van der Waals surface area contributed by atoms with Crippen LogP contribution in [0.25, 0.3) is 0 Å². The predicted molar refractivity (Wildman–Crippen MR) is 79.8 cm³/mol. The number of aliphatic carboxylic acids is 1. The quantitative estimate of drug-likeness (QED) is 0.765. The van der Waals surface area contributed by atoms with Crippen LogP contribution in [0.3, 0.4) is 0 Å². The highest BCUT2D eigenvalue weighted by molar-refractivity contribution is 7.92. The van der Waals surface area contributed by atoms with Gasteiger partial charge in [0, 0.05) is 6.26 Å². The van der Waals surface area contributed by atoms with Gasteiger partial charge in [0.1, 0.15) is 11.3 Å². The van der Waals surface area contributed by atoms with Crippen molar-refractivity contribution in [3.05, 3.63) is 24.3 Å². The first-order valence-electron chi connectivity index (χ1n) is 6.06. The van der Waals surface area contributed by atoms with E-state index in [1.54, 1.807) is 12.1 Å². The molecule has 3 N–H and O–H groups in total. The minimum absolute atomic E-state index is 0.168. The summed E-state index contributed by atoms with van der Waals surface area (Å²) in [6.45, 7) is 1.79. The molecule has 1 aromatic carbocycles. The first-order chi connectivity index (χ1) is 9.48. The average molecular weight is 314 g/mol. The number of para-hydroxylation sites is 2. The summed E-state index contributed by atoms with van der Waals surface area (Å²) in [5.41, 5.74) is 6.11. The lowest BCUT2D eigenvalue weighted by molar-refractivity contribution is -0.136. The van der Waals surface area contributed by atoms with Crippen molar-refractivity contribution >= 4 is 33.1 Å². The second-order valence-corrected chi connectivity index (χ2v) is 7.69. The minimum Gasteiger partial charge on any atom is -0.480 e. The summed E-state index contributed by atoms with van der Waals surface area (Å²) in [6.07, 6.45) is 0.929. The van der Waals surface area contributed by atoms with Gasteiger partial charge in [-0.1, -0.05) is 12.1 Å². The number of hydrogen-bond acceptors (Lipinski definition) is 5. The third-order valence-corrected chi connectivity index (χ3v) is 5.24. The van der Waals surface area contributed by atoms with Crippen molar-refractivity contribution in [3.8, 4) is 0 Å². The lowest BCUT2D eigenvalue weighted by Crippen LogP contribution is -2.51. The number of benzene rings is 1. The molecule has 0 unspecified atom stereocenters. The van der Waals surface area contributed by atoms with E-state index >= 15 is 0 Å². The minimum atomic E-state index is -3.73. The van der Waals surface area contributed by atoms with E-state index in [4.69, 9.17) is 10.8 Å². The van der Waals surface area contributed by atoms with Gasteiger partial charge in [-0.3, -0.25) is 14.5 Å². The number of sulfone groups is 1. The number of anilines is 2. The molecule has 0 aliphatic heterocycles. The topological polar surface area (TPSA) is 118 Å². The molecule has 0 saturated carbocycles. The largest absolute Gasteiger partial charge is 0.480 e. The van der Waals surface area contributed by atoms with Crippen molar-refractivity contribution in [2.75, 3.05) is 23.4 Å². The van der Waals surface area contributed by atoms with E-state index in [-0.39, 0.29) is 11.4 Å². The molecule has 0 atom stereocenters. The standard InChI is InChI=1S/C13H18N2O5S/c1-13(2,21(3,19)20)12(18)15(8-11(16)17)10-7-5-4-6-9(10)14/h4-7H,8,14H2,1-3H3,(H,16,17). The molecule has 0 heterocycles. The second-order valence-electron chi connectivity index (χ2n) is 5.13. The van der Waals surface area contributed by atoms with Crippen LogP contribution in [-0.4, -0.2) is 42.9 Å². The van der Waals surface area contributed by atoms with Crippen molar-refractivity contribution in [3.63, 3.8) is 0 Å². The van der Waals surface area contributed by atoms with Crippen LogP contribution in [-0.2, 0) is 19.4 Å². The Hall–Kier alpha value is -2.09. The van der Waals surface area contributed by atoms with E-state index in [1.165, 1.54) is 26.0 Å². The number of carbonyl (C=O) groups is 2. The van der Waals surface area contributed by atoms with Crippen LogP contribution in [0, 0.1) is 0 Å². The van der Waals surface area contributed by atoms with Gasteiger partial charge in [0.15, 0.2) is 9.84 Å². The number of nitrogens with zero attached hydrogens (tertiary/aromatic N) is 1. The molecule has 0 fully saturated rings. The maximum Gasteiger partial charge on any atom is 0.323 e. The lowest BCUT2D eigenvalue weighted by Gasteiger charge is -2.30. The Morgan fingerprint density at radius 2 is 1.81 bits per heavy atom. The van der Waals surface area contributed by atoms with E-state index in [9.17, 15) is 18.0 Å².